The van der Waals surface area contributed by atoms with E-state index < -0.39 is 0 Å². The fourth-order valence-corrected chi connectivity index (χ4v) is 3.09. The molecule has 0 spiro atoms. The molecule has 0 aliphatic carbocycles. The van der Waals surface area contributed by atoms with Gasteiger partial charge in [0, 0.05) is 17.8 Å². The summed E-state index contributed by atoms with van der Waals surface area (Å²) in [5, 5.41) is 2.10. The predicted octanol–water partition coefficient (Wildman–Crippen LogP) is 5.12. The fraction of sp³-hybridized carbons (Fsp3) is 0.190. The fourth-order valence-electron chi connectivity index (χ4n) is 3.09. The highest BCUT2D eigenvalue weighted by atomic mass is 16.2. The third-order valence-corrected chi connectivity index (χ3v) is 4.22. The SMILES string of the molecule is CCN(C(=O)c1cccc2ccccc12)c1ccc(C)cc1C. The lowest BCUT2D eigenvalue weighted by atomic mass is 10.0. The Morgan fingerprint density at radius 3 is 2.43 bits per heavy atom. The van der Waals surface area contributed by atoms with E-state index in [1.807, 2.05) is 60.4 Å². The highest BCUT2D eigenvalue weighted by Gasteiger charge is 2.19. The Balaban J connectivity index is 2.09. The Kier molecular flexibility index (Phi) is 4.16. The molecule has 2 heteroatoms. The van der Waals surface area contributed by atoms with Crippen LogP contribution in [0.2, 0.25) is 0 Å². The first-order valence-electron chi connectivity index (χ1n) is 7.98. The maximum absolute atomic E-state index is 13.2. The van der Waals surface area contributed by atoms with E-state index >= 15 is 0 Å². The van der Waals surface area contributed by atoms with Crippen LogP contribution in [0.4, 0.5) is 5.69 Å². The van der Waals surface area contributed by atoms with E-state index in [0.717, 1.165) is 27.6 Å². The number of rotatable bonds is 3. The van der Waals surface area contributed by atoms with Crippen LogP contribution in [0.5, 0.6) is 0 Å². The number of hydrogen-bond donors (Lipinski definition) is 0. The van der Waals surface area contributed by atoms with Crippen molar-refractivity contribution >= 4 is 22.4 Å². The van der Waals surface area contributed by atoms with Crippen LogP contribution < -0.4 is 4.90 Å². The van der Waals surface area contributed by atoms with E-state index in [1.54, 1.807) is 0 Å². The zero-order valence-corrected chi connectivity index (χ0v) is 13.8. The second kappa shape index (κ2) is 6.25. The van der Waals surface area contributed by atoms with E-state index in [1.165, 1.54) is 5.56 Å². The summed E-state index contributed by atoms with van der Waals surface area (Å²) >= 11 is 0. The number of carbonyl (C=O) groups is 1. The molecule has 0 atom stereocenters. The Hall–Kier alpha value is -2.61. The van der Waals surface area contributed by atoms with Gasteiger partial charge in [-0.2, -0.15) is 0 Å². The van der Waals surface area contributed by atoms with Gasteiger partial charge in [-0.1, -0.05) is 54.1 Å². The van der Waals surface area contributed by atoms with Crippen molar-refractivity contribution in [1.29, 1.82) is 0 Å². The van der Waals surface area contributed by atoms with Gasteiger partial charge in [-0.3, -0.25) is 4.79 Å². The molecule has 3 aromatic carbocycles. The van der Waals surface area contributed by atoms with E-state index in [-0.39, 0.29) is 5.91 Å². The van der Waals surface area contributed by atoms with Crippen LogP contribution in [-0.2, 0) is 0 Å². The summed E-state index contributed by atoms with van der Waals surface area (Å²) in [4.78, 5) is 15.0. The highest BCUT2D eigenvalue weighted by Crippen LogP contribution is 2.26. The molecule has 0 heterocycles. The summed E-state index contributed by atoms with van der Waals surface area (Å²) in [5.41, 5.74) is 4.07. The van der Waals surface area contributed by atoms with Gasteiger partial charge in [0.2, 0.25) is 0 Å². The van der Waals surface area contributed by atoms with E-state index in [2.05, 4.69) is 26.0 Å². The van der Waals surface area contributed by atoms with E-state index in [0.29, 0.717) is 6.54 Å². The van der Waals surface area contributed by atoms with Gasteiger partial charge in [0.25, 0.3) is 5.91 Å². The number of anilines is 1. The zero-order chi connectivity index (χ0) is 16.4. The summed E-state index contributed by atoms with van der Waals surface area (Å²) in [5.74, 6) is 0.0521. The van der Waals surface area contributed by atoms with Crippen LogP contribution in [0, 0.1) is 13.8 Å². The van der Waals surface area contributed by atoms with Crippen LogP contribution in [0.3, 0.4) is 0 Å². The first-order chi connectivity index (χ1) is 11.1. The van der Waals surface area contributed by atoms with E-state index in [9.17, 15) is 4.79 Å². The van der Waals surface area contributed by atoms with Crippen molar-refractivity contribution in [2.24, 2.45) is 0 Å². The summed E-state index contributed by atoms with van der Waals surface area (Å²) in [6, 6.07) is 20.2. The average molecular weight is 303 g/mol. The first-order valence-corrected chi connectivity index (χ1v) is 7.98. The Bertz CT molecular complexity index is 861. The molecule has 0 aliphatic heterocycles. The molecule has 0 aromatic heterocycles. The highest BCUT2D eigenvalue weighted by molar-refractivity contribution is 6.14. The molecule has 23 heavy (non-hydrogen) atoms. The van der Waals surface area contributed by atoms with Crippen LogP contribution in [0.25, 0.3) is 10.8 Å². The van der Waals surface area contributed by atoms with Crippen molar-refractivity contribution in [1.82, 2.24) is 0 Å². The predicted molar refractivity (Wildman–Crippen MR) is 97.2 cm³/mol. The second-order valence-corrected chi connectivity index (χ2v) is 5.87. The Labute approximate surface area is 137 Å². The van der Waals surface area contributed by atoms with Gasteiger partial charge < -0.3 is 4.90 Å². The number of hydrogen-bond acceptors (Lipinski definition) is 1. The van der Waals surface area contributed by atoms with Gasteiger partial charge in [0.1, 0.15) is 0 Å². The van der Waals surface area contributed by atoms with Gasteiger partial charge in [0.15, 0.2) is 0 Å². The van der Waals surface area contributed by atoms with Crippen LogP contribution in [0.15, 0.2) is 60.7 Å². The number of fused-ring (bicyclic) bond motifs is 1. The molecule has 0 radical (unpaired) electrons. The molecule has 3 aromatic rings. The van der Waals surface area contributed by atoms with Crippen LogP contribution >= 0.6 is 0 Å². The largest absolute Gasteiger partial charge is 0.308 e. The van der Waals surface area contributed by atoms with E-state index in [4.69, 9.17) is 0 Å². The molecule has 3 rings (SSSR count). The molecule has 0 saturated heterocycles. The molecule has 1 amide bonds. The molecule has 2 nitrogen and oxygen atoms in total. The number of amides is 1. The average Bonchev–Trinajstić information content (AvgIpc) is 2.56. The molecule has 0 fully saturated rings. The minimum Gasteiger partial charge on any atom is -0.308 e. The third-order valence-electron chi connectivity index (χ3n) is 4.22. The maximum Gasteiger partial charge on any atom is 0.258 e. The lowest BCUT2D eigenvalue weighted by Gasteiger charge is -2.24. The third kappa shape index (κ3) is 2.85. The standard InChI is InChI=1S/C21H21NO/c1-4-22(20-13-12-15(2)14-16(20)3)21(23)19-11-7-9-17-8-5-6-10-18(17)19/h5-14H,4H2,1-3H3. The smallest absolute Gasteiger partial charge is 0.258 e. The lowest BCUT2D eigenvalue weighted by Crippen LogP contribution is -2.31. The van der Waals surface area contributed by atoms with Crippen molar-refractivity contribution in [2.75, 3.05) is 11.4 Å². The van der Waals surface area contributed by atoms with Crippen molar-refractivity contribution in [3.05, 3.63) is 77.4 Å². The number of carbonyl (C=O) groups excluding carboxylic acids is 1. The minimum absolute atomic E-state index is 0.0521. The molecular weight excluding hydrogens is 282 g/mol. The van der Waals surface area contributed by atoms with Crippen molar-refractivity contribution in [3.8, 4) is 0 Å². The summed E-state index contributed by atoms with van der Waals surface area (Å²) in [7, 11) is 0. The van der Waals surface area contributed by atoms with Crippen LogP contribution in [-0.4, -0.2) is 12.5 Å². The van der Waals surface area contributed by atoms with Crippen molar-refractivity contribution < 1.29 is 4.79 Å². The van der Waals surface area contributed by atoms with Crippen molar-refractivity contribution in [2.45, 2.75) is 20.8 Å². The number of nitrogens with zero attached hydrogens (tertiary/aromatic N) is 1. The maximum atomic E-state index is 13.2. The molecule has 0 N–H and O–H groups in total. The van der Waals surface area contributed by atoms with Crippen LogP contribution in [0.1, 0.15) is 28.4 Å². The Morgan fingerprint density at radius 2 is 1.70 bits per heavy atom. The Morgan fingerprint density at radius 1 is 0.957 bits per heavy atom. The van der Waals surface area contributed by atoms with Gasteiger partial charge in [0.05, 0.1) is 0 Å². The summed E-state index contributed by atoms with van der Waals surface area (Å²) in [6.07, 6.45) is 0. The topological polar surface area (TPSA) is 20.3 Å². The monoisotopic (exact) mass is 303 g/mol. The number of benzene rings is 3. The zero-order valence-electron chi connectivity index (χ0n) is 13.8. The summed E-state index contributed by atoms with van der Waals surface area (Å²) in [6.45, 7) is 6.79. The molecule has 116 valence electrons. The second-order valence-electron chi connectivity index (χ2n) is 5.87. The molecular formula is C21H21NO. The lowest BCUT2D eigenvalue weighted by molar-refractivity contribution is 0.0989. The quantitative estimate of drug-likeness (QED) is 0.657. The first kappa shape index (κ1) is 15.3. The van der Waals surface area contributed by atoms with Gasteiger partial charge >= 0.3 is 0 Å². The van der Waals surface area contributed by atoms with Gasteiger partial charge in [-0.25, -0.2) is 0 Å². The molecule has 0 bridgehead atoms. The normalized spacial score (nSPS) is 10.7. The number of aryl methyl sites for hydroxylation is 2. The van der Waals surface area contributed by atoms with Crippen molar-refractivity contribution in [3.63, 3.8) is 0 Å². The molecule has 0 unspecified atom stereocenters. The minimum atomic E-state index is 0.0521. The summed E-state index contributed by atoms with van der Waals surface area (Å²) < 4.78 is 0. The molecule has 0 aliphatic rings. The van der Waals surface area contributed by atoms with Gasteiger partial charge in [-0.15, -0.1) is 0 Å². The molecule has 0 saturated carbocycles. The van der Waals surface area contributed by atoms with Gasteiger partial charge in [-0.05, 0) is 49.2 Å².